The molecule has 0 spiro atoms. The van der Waals surface area contributed by atoms with Crippen LogP contribution in [0.3, 0.4) is 0 Å². The predicted octanol–water partition coefficient (Wildman–Crippen LogP) is 1.45. The smallest absolute Gasteiger partial charge is 0.226 e. The van der Waals surface area contributed by atoms with Gasteiger partial charge < -0.3 is 9.80 Å². The molecule has 1 saturated carbocycles. The van der Waals surface area contributed by atoms with Crippen molar-refractivity contribution in [2.45, 2.75) is 25.8 Å². The Morgan fingerprint density at radius 1 is 1.43 bits per heavy atom. The molecular weight excluding hydrogens is 290 g/mol. The number of halogens is 1. The van der Waals surface area contributed by atoms with E-state index >= 15 is 0 Å². The summed E-state index contributed by atoms with van der Waals surface area (Å²) in [5.74, 6) is 1.18. The van der Waals surface area contributed by atoms with Crippen LogP contribution in [0.25, 0.3) is 0 Å². The fraction of sp³-hybridized carbons (Fsp3) is 0.571. The summed E-state index contributed by atoms with van der Waals surface area (Å²) in [6.45, 7) is 4.11. The molecule has 1 amide bonds. The summed E-state index contributed by atoms with van der Waals surface area (Å²) in [5.41, 5.74) is 0.258. The quantitative estimate of drug-likeness (QED) is 0.773. The molecular formula is C14H16ClN5O. The normalized spacial score (nSPS) is 22.0. The third-order valence-electron chi connectivity index (χ3n) is 3.96. The number of piperazine rings is 1. The van der Waals surface area contributed by atoms with Gasteiger partial charge in [0, 0.05) is 37.7 Å². The van der Waals surface area contributed by atoms with Gasteiger partial charge in [0.1, 0.15) is 17.6 Å². The van der Waals surface area contributed by atoms with E-state index in [0.29, 0.717) is 25.5 Å². The number of hydrogen-bond donors (Lipinski definition) is 0. The van der Waals surface area contributed by atoms with Crippen molar-refractivity contribution >= 4 is 23.3 Å². The third-order valence-corrected chi connectivity index (χ3v) is 4.13. The Morgan fingerprint density at radius 3 is 2.81 bits per heavy atom. The Morgan fingerprint density at radius 2 is 2.19 bits per heavy atom. The molecule has 2 aliphatic rings. The Hall–Kier alpha value is -1.87. The average molecular weight is 306 g/mol. The summed E-state index contributed by atoms with van der Waals surface area (Å²) in [4.78, 5) is 24.2. The number of rotatable bonds is 2. The maximum Gasteiger partial charge on any atom is 0.226 e. The lowest BCUT2D eigenvalue weighted by molar-refractivity contribution is -0.134. The fourth-order valence-corrected chi connectivity index (χ4v) is 2.86. The summed E-state index contributed by atoms with van der Waals surface area (Å²) in [7, 11) is 0. The molecule has 7 heteroatoms. The van der Waals surface area contributed by atoms with E-state index in [-0.39, 0.29) is 28.8 Å². The number of aromatic nitrogens is 2. The van der Waals surface area contributed by atoms with Crippen LogP contribution in [0.15, 0.2) is 6.07 Å². The van der Waals surface area contributed by atoms with Gasteiger partial charge in [-0.1, -0.05) is 0 Å². The standard InChI is InChI=1S/C14H16ClN5O/c1-9-8-19(4-5-20(9)13(21)10-2-3-10)12-6-11(7-16)17-14(15)18-12/h6,9-10H,2-5,8H2,1H3/t9-/m0/s1. The van der Waals surface area contributed by atoms with Crippen molar-refractivity contribution in [2.24, 2.45) is 5.92 Å². The maximum atomic E-state index is 12.2. The summed E-state index contributed by atoms with van der Waals surface area (Å²) < 4.78 is 0. The lowest BCUT2D eigenvalue weighted by atomic mass is 10.1. The molecule has 0 aromatic carbocycles. The first-order valence-corrected chi connectivity index (χ1v) is 7.46. The van der Waals surface area contributed by atoms with Gasteiger partial charge in [0.25, 0.3) is 0 Å². The molecule has 0 unspecified atom stereocenters. The topological polar surface area (TPSA) is 73.1 Å². The van der Waals surface area contributed by atoms with Crippen molar-refractivity contribution in [3.8, 4) is 6.07 Å². The minimum atomic E-state index is 0.0770. The van der Waals surface area contributed by atoms with Crippen molar-refractivity contribution in [3.63, 3.8) is 0 Å². The van der Waals surface area contributed by atoms with Crippen LogP contribution in [0.4, 0.5) is 5.82 Å². The van der Waals surface area contributed by atoms with Gasteiger partial charge >= 0.3 is 0 Å². The minimum Gasteiger partial charge on any atom is -0.353 e. The lowest BCUT2D eigenvalue weighted by Gasteiger charge is -2.40. The molecule has 0 radical (unpaired) electrons. The summed E-state index contributed by atoms with van der Waals surface area (Å²) >= 11 is 5.85. The molecule has 21 heavy (non-hydrogen) atoms. The van der Waals surface area contributed by atoms with E-state index in [1.165, 1.54) is 0 Å². The zero-order valence-corrected chi connectivity index (χ0v) is 12.5. The first kappa shape index (κ1) is 14.1. The number of nitrogens with zero attached hydrogens (tertiary/aromatic N) is 5. The molecule has 2 heterocycles. The summed E-state index contributed by atoms with van der Waals surface area (Å²) in [5, 5.41) is 9.03. The van der Waals surface area contributed by atoms with Crippen LogP contribution in [0.5, 0.6) is 0 Å². The molecule has 0 bridgehead atoms. The van der Waals surface area contributed by atoms with E-state index in [4.69, 9.17) is 16.9 Å². The summed E-state index contributed by atoms with van der Waals surface area (Å²) in [6, 6.07) is 3.75. The second-order valence-electron chi connectivity index (χ2n) is 5.59. The molecule has 0 N–H and O–H groups in total. The lowest BCUT2D eigenvalue weighted by Crippen LogP contribution is -2.54. The van der Waals surface area contributed by atoms with Gasteiger partial charge in [0.05, 0.1) is 0 Å². The summed E-state index contributed by atoms with van der Waals surface area (Å²) in [6.07, 6.45) is 2.05. The second-order valence-corrected chi connectivity index (χ2v) is 5.93. The molecule has 6 nitrogen and oxygen atoms in total. The zero-order valence-electron chi connectivity index (χ0n) is 11.8. The number of carbonyl (C=O) groups is 1. The monoisotopic (exact) mass is 305 g/mol. The van der Waals surface area contributed by atoms with E-state index in [9.17, 15) is 4.79 Å². The highest BCUT2D eigenvalue weighted by molar-refractivity contribution is 6.28. The van der Waals surface area contributed by atoms with Gasteiger partial charge in [0.2, 0.25) is 11.2 Å². The second kappa shape index (κ2) is 5.49. The SMILES string of the molecule is C[C@H]1CN(c2cc(C#N)nc(Cl)n2)CCN1C(=O)C1CC1. The van der Waals surface area contributed by atoms with Crippen LogP contribution in [-0.4, -0.2) is 46.5 Å². The van der Waals surface area contributed by atoms with Gasteiger partial charge in [-0.2, -0.15) is 5.26 Å². The van der Waals surface area contributed by atoms with Crippen molar-refractivity contribution in [2.75, 3.05) is 24.5 Å². The van der Waals surface area contributed by atoms with Gasteiger partial charge in [0.15, 0.2) is 0 Å². The minimum absolute atomic E-state index is 0.0770. The van der Waals surface area contributed by atoms with Crippen LogP contribution >= 0.6 is 11.6 Å². The molecule has 2 fully saturated rings. The van der Waals surface area contributed by atoms with E-state index in [0.717, 1.165) is 12.8 Å². The highest BCUT2D eigenvalue weighted by atomic mass is 35.5. The van der Waals surface area contributed by atoms with Gasteiger partial charge in [-0.25, -0.2) is 9.97 Å². The van der Waals surface area contributed by atoms with E-state index < -0.39 is 0 Å². The molecule has 1 atom stereocenters. The van der Waals surface area contributed by atoms with E-state index in [1.807, 2.05) is 17.9 Å². The number of hydrogen-bond acceptors (Lipinski definition) is 5. The largest absolute Gasteiger partial charge is 0.353 e. The zero-order chi connectivity index (χ0) is 15.0. The molecule has 1 aromatic rings. The predicted molar refractivity (Wildman–Crippen MR) is 77.9 cm³/mol. The molecule has 1 aliphatic carbocycles. The number of amides is 1. The number of anilines is 1. The van der Waals surface area contributed by atoms with Crippen LogP contribution in [0.2, 0.25) is 5.28 Å². The molecule has 1 aromatic heterocycles. The van der Waals surface area contributed by atoms with Crippen LogP contribution in [0, 0.1) is 17.2 Å². The van der Waals surface area contributed by atoms with Crippen molar-refractivity contribution < 1.29 is 4.79 Å². The molecule has 1 saturated heterocycles. The van der Waals surface area contributed by atoms with Crippen LogP contribution < -0.4 is 4.90 Å². The molecule has 110 valence electrons. The van der Waals surface area contributed by atoms with E-state index in [1.54, 1.807) is 6.07 Å². The number of carbonyl (C=O) groups excluding carboxylic acids is 1. The first-order chi connectivity index (χ1) is 10.1. The Labute approximate surface area is 128 Å². The van der Waals surface area contributed by atoms with Gasteiger partial charge in [-0.3, -0.25) is 4.79 Å². The van der Waals surface area contributed by atoms with Crippen molar-refractivity contribution in [1.29, 1.82) is 5.26 Å². The third kappa shape index (κ3) is 2.93. The van der Waals surface area contributed by atoms with E-state index in [2.05, 4.69) is 14.9 Å². The Bertz CT molecular complexity index is 610. The number of nitriles is 1. The first-order valence-electron chi connectivity index (χ1n) is 7.08. The van der Waals surface area contributed by atoms with Crippen molar-refractivity contribution in [1.82, 2.24) is 14.9 Å². The molecule has 3 rings (SSSR count). The van der Waals surface area contributed by atoms with Gasteiger partial charge in [-0.05, 0) is 31.4 Å². The highest BCUT2D eigenvalue weighted by Crippen LogP contribution is 2.32. The van der Waals surface area contributed by atoms with Crippen LogP contribution in [-0.2, 0) is 4.79 Å². The van der Waals surface area contributed by atoms with Crippen LogP contribution in [0.1, 0.15) is 25.5 Å². The maximum absolute atomic E-state index is 12.2. The van der Waals surface area contributed by atoms with Gasteiger partial charge in [-0.15, -0.1) is 0 Å². The Kier molecular flexibility index (Phi) is 3.68. The Balaban J connectivity index is 1.73. The average Bonchev–Trinajstić information content (AvgIpc) is 3.30. The fourth-order valence-electron chi connectivity index (χ4n) is 2.68. The molecule has 1 aliphatic heterocycles. The van der Waals surface area contributed by atoms with Crippen molar-refractivity contribution in [3.05, 3.63) is 17.0 Å². The highest BCUT2D eigenvalue weighted by Gasteiger charge is 2.37.